The van der Waals surface area contributed by atoms with Crippen molar-refractivity contribution in [3.05, 3.63) is 59.9 Å². The van der Waals surface area contributed by atoms with Crippen molar-refractivity contribution in [3.63, 3.8) is 0 Å². The Bertz CT molecular complexity index is 1080. The van der Waals surface area contributed by atoms with Gasteiger partial charge in [0.2, 0.25) is 5.91 Å². The van der Waals surface area contributed by atoms with Gasteiger partial charge in [0, 0.05) is 49.2 Å². The molecule has 1 amide bonds. The minimum Gasteiger partial charge on any atom is -0.354 e. The summed E-state index contributed by atoms with van der Waals surface area (Å²) in [4.78, 5) is 19.3. The van der Waals surface area contributed by atoms with Gasteiger partial charge < -0.3 is 9.88 Å². The Hall–Kier alpha value is -2.87. The first-order valence-electron chi connectivity index (χ1n) is 10.7. The summed E-state index contributed by atoms with van der Waals surface area (Å²) >= 11 is 0. The number of benzene rings is 2. The highest BCUT2D eigenvalue weighted by Crippen LogP contribution is 2.31. The molecule has 0 radical (unpaired) electrons. The van der Waals surface area contributed by atoms with Gasteiger partial charge in [0.25, 0.3) is 0 Å². The number of carbonyl (C=O) groups is 1. The van der Waals surface area contributed by atoms with Crippen LogP contribution in [-0.4, -0.2) is 59.6 Å². The van der Waals surface area contributed by atoms with Crippen molar-refractivity contribution in [1.82, 2.24) is 14.8 Å². The number of hydrogen-bond acceptors (Lipinski definition) is 2. The summed E-state index contributed by atoms with van der Waals surface area (Å²) in [6.07, 6.45) is -2.96. The lowest BCUT2D eigenvalue weighted by molar-refractivity contribution is -0.145. The van der Waals surface area contributed by atoms with Crippen molar-refractivity contribution in [3.8, 4) is 11.3 Å². The largest absolute Gasteiger partial charge is 0.401 e. The van der Waals surface area contributed by atoms with E-state index in [1.54, 1.807) is 17.0 Å². The monoisotopic (exact) mass is 447 g/mol. The standard InChI is InChI=1S/C24H25F4N3O/c25-18-8-6-17(7-9-18)23-20(19-4-1-2-5-21(19)29-23)10-11-22(32)31-13-3-12-30(14-15-31)16-24(26,27)28/h1-2,4-9,29H,3,10-16H2. The number of alkyl halides is 3. The van der Waals surface area contributed by atoms with Crippen LogP contribution in [0.3, 0.4) is 0 Å². The van der Waals surface area contributed by atoms with E-state index >= 15 is 0 Å². The Kier molecular flexibility index (Phi) is 6.50. The van der Waals surface area contributed by atoms with Crippen molar-refractivity contribution in [2.45, 2.75) is 25.4 Å². The van der Waals surface area contributed by atoms with Crippen LogP contribution in [0.4, 0.5) is 17.6 Å². The first-order chi connectivity index (χ1) is 15.3. The topological polar surface area (TPSA) is 39.3 Å². The second-order valence-electron chi connectivity index (χ2n) is 8.16. The van der Waals surface area contributed by atoms with E-state index in [0.29, 0.717) is 32.5 Å². The first kappa shape index (κ1) is 22.3. The molecule has 170 valence electrons. The maximum absolute atomic E-state index is 13.4. The van der Waals surface area contributed by atoms with Gasteiger partial charge in [-0.3, -0.25) is 9.69 Å². The van der Waals surface area contributed by atoms with Gasteiger partial charge in [0.15, 0.2) is 0 Å². The molecule has 0 bridgehead atoms. The van der Waals surface area contributed by atoms with Crippen LogP contribution in [0.25, 0.3) is 22.2 Å². The summed E-state index contributed by atoms with van der Waals surface area (Å²) in [5.41, 5.74) is 3.61. The minimum absolute atomic E-state index is 0.0609. The van der Waals surface area contributed by atoms with E-state index in [2.05, 4.69) is 4.98 Å². The number of aryl methyl sites for hydroxylation is 1. The van der Waals surface area contributed by atoms with Gasteiger partial charge in [-0.25, -0.2) is 4.39 Å². The molecule has 0 aliphatic carbocycles. The Morgan fingerprint density at radius 1 is 0.969 bits per heavy atom. The molecule has 0 saturated carbocycles. The molecule has 1 aromatic heterocycles. The van der Waals surface area contributed by atoms with Crippen molar-refractivity contribution in [2.24, 2.45) is 0 Å². The number of carbonyl (C=O) groups excluding carboxylic acids is 1. The minimum atomic E-state index is -4.23. The third kappa shape index (κ3) is 5.30. The van der Waals surface area contributed by atoms with E-state index < -0.39 is 12.7 Å². The Morgan fingerprint density at radius 2 is 1.72 bits per heavy atom. The summed E-state index contributed by atoms with van der Waals surface area (Å²) in [5, 5.41) is 1.01. The van der Waals surface area contributed by atoms with E-state index in [4.69, 9.17) is 0 Å². The van der Waals surface area contributed by atoms with E-state index in [1.165, 1.54) is 17.0 Å². The van der Waals surface area contributed by atoms with Crippen molar-refractivity contribution < 1.29 is 22.4 Å². The number of nitrogens with one attached hydrogen (secondary N) is 1. The highest BCUT2D eigenvalue weighted by molar-refractivity contribution is 5.91. The molecule has 1 aliphatic heterocycles. The Morgan fingerprint density at radius 3 is 2.47 bits per heavy atom. The maximum Gasteiger partial charge on any atom is 0.401 e. The average Bonchev–Trinajstić information content (AvgIpc) is 2.96. The Labute approximate surface area is 183 Å². The molecule has 1 saturated heterocycles. The molecule has 0 spiro atoms. The SMILES string of the molecule is O=C(CCc1c(-c2ccc(F)cc2)[nH]c2ccccc12)N1CCCN(CC(F)(F)F)CC1. The molecule has 2 heterocycles. The lowest BCUT2D eigenvalue weighted by Crippen LogP contribution is -2.38. The van der Waals surface area contributed by atoms with Crippen LogP contribution in [0.5, 0.6) is 0 Å². The summed E-state index contributed by atoms with van der Waals surface area (Å²) in [6, 6.07) is 14.0. The molecule has 8 heteroatoms. The zero-order valence-electron chi connectivity index (χ0n) is 17.6. The average molecular weight is 447 g/mol. The molecular formula is C24H25F4N3O. The normalized spacial score (nSPS) is 15.8. The zero-order valence-corrected chi connectivity index (χ0v) is 17.6. The fourth-order valence-electron chi connectivity index (χ4n) is 4.34. The fraction of sp³-hybridized carbons (Fsp3) is 0.375. The summed E-state index contributed by atoms with van der Waals surface area (Å²) < 4.78 is 51.5. The van der Waals surface area contributed by atoms with Gasteiger partial charge in [0.05, 0.1) is 6.54 Å². The fourth-order valence-corrected chi connectivity index (χ4v) is 4.34. The second-order valence-corrected chi connectivity index (χ2v) is 8.16. The molecule has 1 fully saturated rings. The van der Waals surface area contributed by atoms with Gasteiger partial charge in [-0.1, -0.05) is 18.2 Å². The number of para-hydroxylation sites is 1. The highest BCUT2D eigenvalue weighted by atomic mass is 19.4. The predicted molar refractivity (Wildman–Crippen MR) is 116 cm³/mol. The number of nitrogens with zero attached hydrogens (tertiary/aromatic N) is 2. The third-order valence-corrected chi connectivity index (χ3v) is 5.88. The highest BCUT2D eigenvalue weighted by Gasteiger charge is 2.31. The lowest BCUT2D eigenvalue weighted by atomic mass is 10.0. The quantitative estimate of drug-likeness (QED) is 0.559. The molecule has 4 nitrogen and oxygen atoms in total. The van der Waals surface area contributed by atoms with Crippen LogP contribution in [0.2, 0.25) is 0 Å². The summed E-state index contributed by atoms with van der Waals surface area (Å²) in [7, 11) is 0. The number of hydrogen-bond donors (Lipinski definition) is 1. The number of rotatable bonds is 5. The van der Waals surface area contributed by atoms with Crippen LogP contribution >= 0.6 is 0 Å². The number of fused-ring (bicyclic) bond motifs is 1. The van der Waals surface area contributed by atoms with Gasteiger partial charge in [0.1, 0.15) is 5.82 Å². The van der Waals surface area contributed by atoms with Crippen LogP contribution < -0.4 is 0 Å². The smallest absolute Gasteiger partial charge is 0.354 e. The van der Waals surface area contributed by atoms with Crippen LogP contribution in [0.15, 0.2) is 48.5 Å². The molecule has 0 atom stereocenters. The molecule has 32 heavy (non-hydrogen) atoms. The van der Waals surface area contributed by atoms with Gasteiger partial charge in [-0.15, -0.1) is 0 Å². The molecule has 4 rings (SSSR count). The van der Waals surface area contributed by atoms with Crippen LogP contribution in [-0.2, 0) is 11.2 Å². The predicted octanol–water partition coefficient (Wildman–Crippen LogP) is 5.00. The number of aromatic nitrogens is 1. The number of halogens is 4. The number of H-pyrrole nitrogens is 1. The van der Waals surface area contributed by atoms with Crippen molar-refractivity contribution in [2.75, 3.05) is 32.7 Å². The van der Waals surface area contributed by atoms with Gasteiger partial charge >= 0.3 is 6.18 Å². The summed E-state index contributed by atoms with van der Waals surface area (Å²) in [6.45, 7) is 0.379. The van der Waals surface area contributed by atoms with Crippen LogP contribution in [0, 0.1) is 5.82 Å². The number of amides is 1. The first-order valence-corrected chi connectivity index (χ1v) is 10.7. The van der Waals surface area contributed by atoms with Crippen molar-refractivity contribution >= 4 is 16.8 Å². The van der Waals surface area contributed by atoms with E-state index in [-0.39, 0.29) is 24.7 Å². The summed E-state index contributed by atoms with van der Waals surface area (Å²) in [5.74, 6) is -0.378. The third-order valence-electron chi connectivity index (χ3n) is 5.88. The number of aromatic amines is 1. The molecule has 3 aromatic rings. The lowest BCUT2D eigenvalue weighted by Gasteiger charge is -2.23. The van der Waals surface area contributed by atoms with E-state index in [0.717, 1.165) is 27.7 Å². The molecule has 1 aliphatic rings. The Balaban J connectivity index is 1.47. The molecular weight excluding hydrogens is 422 g/mol. The second kappa shape index (κ2) is 9.32. The molecule has 0 unspecified atom stereocenters. The van der Waals surface area contributed by atoms with Crippen LogP contribution in [0.1, 0.15) is 18.4 Å². The molecule has 2 aromatic carbocycles. The maximum atomic E-state index is 13.4. The van der Waals surface area contributed by atoms with E-state index in [1.807, 2.05) is 24.3 Å². The van der Waals surface area contributed by atoms with Gasteiger partial charge in [-0.2, -0.15) is 13.2 Å². The van der Waals surface area contributed by atoms with Gasteiger partial charge in [-0.05, 0) is 54.3 Å². The zero-order chi connectivity index (χ0) is 22.7. The van der Waals surface area contributed by atoms with E-state index in [9.17, 15) is 22.4 Å². The van der Waals surface area contributed by atoms with Crippen molar-refractivity contribution in [1.29, 1.82) is 0 Å². The molecule has 1 N–H and O–H groups in total.